The van der Waals surface area contributed by atoms with Crippen molar-refractivity contribution in [1.82, 2.24) is 0 Å². The number of carboxylic acids is 1. The molecule has 0 bridgehead atoms. The fraction of sp³-hybridized carbons (Fsp3) is 0.273. The highest BCUT2D eigenvalue weighted by Crippen LogP contribution is 2.26. The maximum Gasteiger partial charge on any atom is 0.339 e. The zero-order chi connectivity index (χ0) is 14.2. The molecular weight excluding hydrogens is 256 g/mol. The van der Waals surface area contributed by atoms with Gasteiger partial charge in [0.2, 0.25) is 0 Å². The molecule has 0 aliphatic carbocycles. The molecule has 0 heterocycles. The predicted molar refractivity (Wildman–Crippen MR) is 52.4 cm³/mol. The van der Waals surface area contributed by atoms with E-state index < -0.39 is 52.1 Å². The number of benzene rings is 1. The lowest BCUT2D eigenvalue weighted by atomic mass is 9.95. The van der Waals surface area contributed by atoms with Crippen LogP contribution in [0.1, 0.15) is 34.6 Å². The second-order valence-corrected chi connectivity index (χ2v) is 3.83. The van der Waals surface area contributed by atoms with Crippen molar-refractivity contribution in [1.29, 1.82) is 0 Å². The maximum atomic E-state index is 13.4. The third kappa shape index (κ3) is 2.07. The maximum absolute atomic E-state index is 13.4. The molecule has 0 saturated heterocycles. The zero-order valence-electron chi connectivity index (χ0n) is 9.35. The van der Waals surface area contributed by atoms with Gasteiger partial charge < -0.3 is 5.11 Å². The molecule has 1 aromatic carbocycles. The lowest BCUT2D eigenvalue weighted by Crippen LogP contribution is -2.20. The summed E-state index contributed by atoms with van der Waals surface area (Å²) in [6, 6.07) is 0. The van der Waals surface area contributed by atoms with Crippen LogP contribution in [0.15, 0.2) is 0 Å². The van der Waals surface area contributed by atoms with Crippen LogP contribution >= 0.6 is 0 Å². The first-order valence-corrected chi connectivity index (χ1v) is 4.83. The molecule has 1 N–H and O–H groups in total. The summed E-state index contributed by atoms with van der Waals surface area (Å²) in [6.45, 7) is 2.57. The van der Waals surface area contributed by atoms with Crippen molar-refractivity contribution in [2.75, 3.05) is 0 Å². The quantitative estimate of drug-likeness (QED) is 0.395. The summed E-state index contributed by atoms with van der Waals surface area (Å²) in [7, 11) is 0. The van der Waals surface area contributed by atoms with Crippen molar-refractivity contribution >= 4 is 11.8 Å². The summed E-state index contributed by atoms with van der Waals surface area (Å²) in [5, 5.41) is 8.67. The van der Waals surface area contributed by atoms with E-state index >= 15 is 0 Å². The second-order valence-electron chi connectivity index (χ2n) is 3.83. The van der Waals surface area contributed by atoms with E-state index in [-0.39, 0.29) is 0 Å². The molecular formula is C11H8F4O3. The first kappa shape index (κ1) is 14.1. The third-order valence-corrected chi connectivity index (χ3v) is 2.25. The first-order valence-electron chi connectivity index (χ1n) is 4.83. The van der Waals surface area contributed by atoms with Gasteiger partial charge in [0.1, 0.15) is 5.56 Å². The van der Waals surface area contributed by atoms with E-state index in [1.807, 2.05) is 0 Å². The van der Waals surface area contributed by atoms with Gasteiger partial charge in [0.15, 0.2) is 29.1 Å². The first-order chi connectivity index (χ1) is 8.20. The van der Waals surface area contributed by atoms with Gasteiger partial charge in [-0.1, -0.05) is 13.8 Å². The smallest absolute Gasteiger partial charge is 0.339 e. The molecule has 0 spiro atoms. The Kier molecular flexibility index (Phi) is 3.73. The Labute approximate surface area is 99.0 Å². The van der Waals surface area contributed by atoms with Crippen LogP contribution in [-0.2, 0) is 0 Å². The fourth-order valence-corrected chi connectivity index (χ4v) is 1.35. The molecule has 3 nitrogen and oxygen atoms in total. The van der Waals surface area contributed by atoms with Gasteiger partial charge in [0.05, 0.1) is 5.56 Å². The van der Waals surface area contributed by atoms with Crippen LogP contribution in [0.4, 0.5) is 17.6 Å². The number of hydrogen-bond acceptors (Lipinski definition) is 2. The summed E-state index contributed by atoms with van der Waals surface area (Å²) >= 11 is 0. The number of Topliss-reactive ketones (excluding diaryl/α,β-unsaturated/α-hetero) is 1. The zero-order valence-corrected chi connectivity index (χ0v) is 9.35. The molecule has 98 valence electrons. The van der Waals surface area contributed by atoms with Crippen LogP contribution in [0.3, 0.4) is 0 Å². The minimum atomic E-state index is -2.26. The number of aromatic carboxylic acids is 1. The Bertz CT molecular complexity index is 538. The Morgan fingerprint density at radius 2 is 1.28 bits per heavy atom. The van der Waals surface area contributed by atoms with Gasteiger partial charge >= 0.3 is 5.97 Å². The van der Waals surface area contributed by atoms with Crippen molar-refractivity contribution in [2.45, 2.75) is 13.8 Å². The summed E-state index contributed by atoms with van der Waals surface area (Å²) < 4.78 is 52.5. The number of rotatable bonds is 3. The van der Waals surface area contributed by atoms with Crippen molar-refractivity contribution < 1.29 is 32.3 Å². The molecule has 1 aromatic rings. The number of carboxylic acid groups (broad SMARTS) is 1. The molecule has 0 aliphatic heterocycles. The van der Waals surface area contributed by atoms with Crippen LogP contribution in [0, 0.1) is 29.2 Å². The Balaban J connectivity index is 3.78. The fourth-order valence-electron chi connectivity index (χ4n) is 1.35. The molecule has 0 aromatic heterocycles. The molecule has 0 saturated carbocycles. The van der Waals surface area contributed by atoms with Gasteiger partial charge in [-0.3, -0.25) is 4.79 Å². The normalized spacial score (nSPS) is 10.8. The average molecular weight is 264 g/mol. The SMILES string of the molecule is CC(C)C(=O)c1c(F)c(F)c(F)c(F)c1C(=O)O. The van der Waals surface area contributed by atoms with Crippen molar-refractivity contribution in [2.24, 2.45) is 5.92 Å². The van der Waals surface area contributed by atoms with Gasteiger partial charge in [0.25, 0.3) is 0 Å². The average Bonchev–Trinajstić information content (AvgIpc) is 2.29. The van der Waals surface area contributed by atoms with Crippen LogP contribution in [0.25, 0.3) is 0 Å². The summed E-state index contributed by atoms with van der Waals surface area (Å²) in [6.07, 6.45) is 0. The molecule has 0 amide bonds. The standard InChI is InChI=1S/C11H8F4O3/c1-3(2)10(16)4-5(11(17)18)7(13)9(15)8(14)6(4)12/h3H,1-2H3,(H,17,18). The summed E-state index contributed by atoms with van der Waals surface area (Å²) in [4.78, 5) is 22.3. The van der Waals surface area contributed by atoms with E-state index in [2.05, 4.69) is 0 Å². The highest BCUT2D eigenvalue weighted by molar-refractivity contribution is 6.07. The number of halogens is 4. The van der Waals surface area contributed by atoms with E-state index in [0.717, 1.165) is 0 Å². The third-order valence-electron chi connectivity index (χ3n) is 2.25. The number of hydrogen-bond donors (Lipinski definition) is 1. The molecule has 0 radical (unpaired) electrons. The lowest BCUT2D eigenvalue weighted by Gasteiger charge is -2.11. The van der Waals surface area contributed by atoms with Crippen LogP contribution < -0.4 is 0 Å². The molecule has 0 aliphatic rings. The molecule has 1 rings (SSSR count). The Morgan fingerprint density at radius 1 is 0.889 bits per heavy atom. The Morgan fingerprint density at radius 3 is 1.61 bits per heavy atom. The van der Waals surface area contributed by atoms with E-state index in [0.29, 0.717) is 0 Å². The highest BCUT2D eigenvalue weighted by atomic mass is 19.2. The van der Waals surface area contributed by atoms with E-state index in [9.17, 15) is 27.2 Å². The monoisotopic (exact) mass is 264 g/mol. The van der Waals surface area contributed by atoms with E-state index in [1.54, 1.807) is 0 Å². The van der Waals surface area contributed by atoms with Crippen molar-refractivity contribution in [3.05, 3.63) is 34.4 Å². The minimum absolute atomic E-state index is 0.901. The number of carbonyl (C=O) groups excluding carboxylic acids is 1. The van der Waals surface area contributed by atoms with E-state index in [1.165, 1.54) is 13.8 Å². The van der Waals surface area contributed by atoms with Gasteiger partial charge in [-0.25, -0.2) is 22.4 Å². The molecule has 0 atom stereocenters. The van der Waals surface area contributed by atoms with Gasteiger partial charge in [-0.05, 0) is 0 Å². The number of ketones is 1. The highest BCUT2D eigenvalue weighted by Gasteiger charge is 2.33. The van der Waals surface area contributed by atoms with E-state index in [4.69, 9.17) is 5.11 Å². The molecule has 0 fully saturated rings. The summed E-state index contributed by atoms with van der Waals surface area (Å²) in [5.74, 6) is -12.6. The van der Waals surface area contributed by atoms with Crippen LogP contribution in [0.2, 0.25) is 0 Å². The Hall–Kier alpha value is -1.92. The van der Waals surface area contributed by atoms with Crippen LogP contribution in [-0.4, -0.2) is 16.9 Å². The molecule has 7 heteroatoms. The summed E-state index contributed by atoms with van der Waals surface area (Å²) in [5.41, 5.74) is -2.78. The number of carbonyl (C=O) groups is 2. The second kappa shape index (κ2) is 4.75. The molecule has 18 heavy (non-hydrogen) atoms. The van der Waals surface area contributed by atoms with Crippen molar-refractivity contribution in [3.8, 4) is 0 Å². The van der Waals surface area contributed by atoms with Gasteiger partial charge in [0, 0.05) is 5.92 Å². The van der Waals surface area contributed by atoms with Gasteiger partial charge in [-0.2, -0.15) is 0 Å². The van der Waals surface area contributed by atoms with Crippen molar-refractivity contribution in [3.63, 3.8) is 0 Å². The lowest BCUT2D eigenvalue weighted by molar-refractivity contribution is 0.0682. The predicted octanol–water partition coefficient (Wildman–Crippen LogP) is 2.78. The topological polar surface area (TPSA) is 54.4 Å². The van der Waals surface area contributed by atoms with Crippen LogP contribution in [0.5, 0.6) is 0 Å². The largest absolute Gasteiger partial charge is 0.478 e. The molecule has 0 unspecified atom stereocenters. The minimum Gasteiger partial charge on any atom is -0.478 e. The van der Waals surface area contributed by atoms with Gasteiger partial charge in [-0.15, -0.1) is 0 Å².